The third-order valence-corrected chi connectivity index (χ3v) is 3.24. The van der Waals surface area contributed by atoms with Crippen LogP contribution in [0.3, 0.4) is 0 Å². The lowest BCUT2D eigenvalue weighted by atomic mass is 10.1. The van der Waals surface area contributed by atoms with Crippen molar-refractivity contribution in [2.75, 3.05) is 39.9 Å². The number of piperidine rings is 1. The molecule has 1 aliphatic heterocycles. The molecule has 3 nitrogen and oxygen atoms in total. The molecule has 0 aliphatic carbocycles. The lowest BCUT2D eigenvalue weighted by molar-refractivity contribution is 0.120. The zero-order valence-corrected chi connectivity index (χ0v) is 11.2. The number of rotatable bonds is 7. The third kappa shape index (κ3) is 6.46. The van der Waals surface area contributed by atoms with Crippen molar-refractivity contribution in [2.24, 2.45) is 5.92 Å². The van der Waals surface area contributed by atoms with Gasteiger partial charge in [0, 0.05) is 19.2 Å². The van der Waals surface area contributed by atoms with Gasteiger partial charge in [0.25, 0.3) is 0 Å². The second-order valence-electron chi connectivity index (χ2n) is 5.33. The summed E-state index contributed by atoms with van der Waals surface area (Å²) < 4.78 is 5.58. The van der Waals surface area contributed by atoms with Crippen molar-refractivity contribution < 1.29 is 4.74 Å². The maximum Gasteiger partial charge on any atom is 0.0591 e. The Kier molecular flexibility index (Phi) is 7.01. The fourth-order valence-corrected chi connectivity index (χ4v) is 1.97. The first-order valence-electron chi connectivity index (χ1n) is 6.68. The Morgan fingerprint density at radius 1 is 1.25 bits per heavy atom. The van der Waals surface area contributed by atoms with E-state index in [4.69, 9.17) is 4.74 Å². The van der Waals surface area contributed by atoms with Crippen molar-refractivity contribution in [3.63, 3.8) is 0 Å². The summed E-state index contributed by atoms with van der Waals surface area (Å²) in [6, 6.07) is 0.713. The molecule has 1 N–H and O–H groups in total. The molecule has 0 amide bonds. The van der Waals surface area contributed by atoms with Gasteiger partial charge in [-0.2, -0.15) is 0 Å². The van der Waals surface area contributed by atoms with Crippen LogP contribution in [0.1, 0.15) is 33.1 Å². The van der Waals surface area contributed by atoms with E-state index in [0.717, 1.165) is 25.7 Å². The molecule has 1 fully saturated rings. The lowest BCUT2D eigenvalue weighted by Gasteiger charge is -2.29. The van der Waals surface area contributed by atoms with Gasteiger partial charge in [-0.1, -0.05) is 13.8 Å². The van der Waals surface area contributed by atoms with Gasteiger partial charge in [-0.05, 0) is 45.3 Å². The largest absolute Gasteiger partial charge is 0.380 e. The minimum atomic E-state index is 0.713. The summed E-state index contributed by atoms with van der Waals surface area (Å²) in [6.07, 6.45) is 3.74. The minimum absolute atomic E-state index is 0.713. The standard InChI is InChI=1S/C13H28N2O/c1-12(2)6-10-16-11-7-14-13-4-8-15(3)9-5-13/h12-14H,4-11H2,1-3H3. The van der Waals surface area contributed by atoms with Crippen LogP contribution < -0.4 is 5.32 Å². The molecule has 1 heterocycles. The summed E-state index contributed by atoms with van der Waals surface area (Å²) in [5.74, 6) is 0.752. The predicted octanol–water partition coefficient (Wildman–Crippen LogP) is 1.73. The van der Waals surface area contributed by atoms with E-state index in [9.17, 15) is 0 Å². The second kappa shape index (κ2) is 8.04. The van der Waals surface area contributed by atoms with Crippen molar-refractivity contribution >= 4 is 0 Å². The monoisotopic (exact) mass is 228 g/mol. The number of nitrogens with one attached hydrogen (secondary N) is 1. The summed E-state index contributed by atoms with van der Waals surface area (Å²) in [5, 5.41) is 3.58. The fourth-order valence-electron chi connectivity index (χ4n) is 1.97. The van der Waals surface area contributed by atoms with Crippen LogP contribution in [0.25, 0.3) is 0 Å². The van der Waals surface area contributed by atoms with Gasteiger partial charge in [0.2, 0.25) is 0 Å². The number of hydrogen-bond acceptors (Lipinski definition) is 3. The zero-order valence-electron chi connectivity index (χ0n) is 11.2. The maximum atomic E-state index is 5.58. The molecule has 96 valence electrons. The van der Waals surface area contributed by atoms with Gasteiger partial charge in [-0.15, -0.1) is 0 Å². The highest BCUT2D eigenvalue weighted by molar-refractivity contribution is 4.74. The van der Waals surface area contributed by atoms with Crippen LogP contribution in [0, 0.1) is 5.92 Å². The van der Waals surface area contributed by atoms with E-state index >= 15 is 0 Å². The lowest BCUT2D eigenvalue weighted by Crippen LogP contribution is -2.41. The van der Waals surface area contributed by atoms with Crippen molar-refractivity contribution in [1.29, 1.82) is 0 Å². The van der Waals surface area contributed by atoms with Crippen LogP contribution in [-0.2, 0) is 4.74 Å². The molecule has 0 unspecified atom stereocenters. The number of hydrogen-bond donors (Lipinski definition) is 1. The van der Waals surface area contributed by atoms with E-state index < -0.39 is 0 Å². The van der Waals surface area contributed by atoms with E-state index in [1.165, 1.54) is 32.4 Å². The van der Waals surface area contributed by atoms with Crippen molar-refractivity contribution in [3.8, 4) is 0 Å². The first-order valence-corrected chi connectivity index (χ1v) is 6.68. The second-order valence-corrected chi connectivity index (χ2v) is 5.33. The highest BCUT2D eigenvalue weighted by Gasteiger charge is 2.15. The van der Waals surface area contributed by atoms with Gasteiger partial charge >= 0.3 is 0 Å². The van der Waals surface area contributed by atoms with E-state index in [0.29, 0.717) is 6.04 Å². The Morgan fingerprint density at radius 3 is 2.56 bits per heavy atom. The number of nitrogens with zero attached hydrogens (tertiary/aromatic N) is 1. The third-order valence-electron chi connectivity index (χ3n) is 3.24. The molecule has 0 saturated carbocycles. The normalized spacial score (nSPS) is 19.5. The molecule has 0 atom stereocenters. The van der Waals surface area contributed by atoms with Gasteiger partial charge < -0.3 is 15.0 Å². The molecule has 16 heavy (non-hydrogen) atoms. The van der Waals surface area contributed by atoms with Gasteiger partial charge in [0.15, 0.2) is 0 Å². The molecule has 0 spiro atoms. The SMILES string of the molecule is CC(C)CCOCCNC1CCN(C)CC1. The average molecular weight is 228 g/mol. The molecular weight excluding hydrogens is 200 g/mol. The van der Waals surface area contributed by atoms with Gasteiger partial charge in [-0.25, -0.2) is 0 Å². The minimum Gasteiger partial charge on any atom is -0.380 e. The first-order chi connectivity index (χ1) is 7.68. The Morgan fingerprint density at radius 2 is 1.94 bits per heavy atom. The molecule has 1 saturated heterocycles. The molecule has 0 aromatic rings. The quantitative estimate of drug-likeness (QED) is 0.672. The Balaban J connectivity index is 1.87. The van der Waals surface area contributed by atoms with Crippen LogP contribution in [0.4, 0.5) is 0 Å². The fraction of sp³-hybridized carbons (Fsp3) is 1.00. The van der Waals surface area contributed by atoms with Crippen LogP contribution in [0.15, 0.2) is 0 Å². The molecule has 0 aromatic carbocycles. The topological polar surface area (TPSA) is 24.5 Å². The maximum absolute atomic E-state index is 5.58. The Hall–Kier alpha value is -0.120. The molecule has 3 heteroatoms. The highest BCUT2D eigenvalue weighted by Crippen LogP contribution is 2.07. The molecule has 1 rings (SSSR count). The van der Waals surface area contributed by atoms with Crippen LogP contribution in [0.5, 0.6) is 0 Å². The van der Waals surface area contributed by atoms with Gasteiger partial charge in [0.05, 0.1) is 6.61 Å². The molecule has 0 bridgehead atoms. The van der Waals surface area contributed by atoms with E-state index in [1.54, 1.807) is 0 Å². The average Bonchev–Trinajstić information content (AvgIpc) is 2.25. The summed E-state index contributed by atoms with van der Waals surface area (Å²) in [5.41, 5.74) is 0. The summed E-state index contributed by atoms with van der Waals surface area (Å²) in [6.45, 7) is 9.70. The first kappa shape index (κ1) is 13.9. The molecule has 0 aromatic heterocycles. The van der Waals surface area contributed by atoms with E-state index in [2.05, 4.69) is 31.1 Å². The number of ether oxygens (including phenoxy) is 1. The molecular formula is C13H28N2O. The van der Waals surface area contributed by atoms with Crippen molar-refractivity contribution in [2.45, 2.75) is 39.2 Å². The number of likely N-dealkylation sites (tertiary alicyclic amines) is 1. The zero-order chi connectivity index (χ0) is 11.8. The summed E-state index contributed by atoms with van der Waals surface area (Å²) in [7, 11) is 2.20. The van der Waals surface area contributed by atoms with E-state index in [1.807, 2.05) is 0 Å². The Labute approximate surface area is 101 Å². The highest BCUT2D eigenvalue weighted by atomic mass is 16.5. The summed E-state index contributed by atoms with van der Waals surface area (Å²) in [4.78, 5) is 2.40. The van der Waals surface area contributed by atoms with Crippen molar-refractivity contribution in [1.82, 2.24) is 10.2 Å². The predicted molar refractivity (Wildman–Crippen MR) is 68.8 cm³/mol. The van der Waals surface area contributed by atoms with E-state index in [-0.39, 0.29) is 0 Å². The van der Waals surface area contributed by atoms with Crippen molar-refractivity contribution in [3.05, 3.63) is 0 Å². The smallest absolute Gasteiger partial charge is 0.0591 e. The van der Waals surface area contributed by atoms with Gasteiger partial charge in [0.1, 0.15) is 0 Å². The van der Waals surface area contributed by atoms with Crippen LogP contribution in [-0.4, -0.2) is 50.8 Å². The molecule has 1 aliphatic rings. The van der Waals surface area contributed by atoms with Crippen LogP contribution in [0.2, 0.25) is 0 Å². The summed E-state index contributed by atoms with van der Waals surface area (Å²) >= 11 is 0. The molecule has 0 radical (unpaired) electrons. The van der Waals surface area contributed by atoms with Gasteiger partial charge in [-0.3, -0.25) is 0 Å². The van der Waals surface area contributed by atoms with Crippen LogP contribution >= 0.6 is 0 Å². The Bertz CT molecular complexity index is 165.